The Hall–Kier alpha value is -3.55. The molecule has 8 heteroatoms. The third kappa shape index (κ3) is 4.55. The van der Waals surface area contributed by atoms with E-state index in [1.165, 1.54) is 0 Å². The Morgan fingerprint density at radius 3 is 2.52 bits per heavy atom. The zero-order valence-corrected chi connectivity index (χ0v) is 14.9. The van der Waals surface area contributed by atoms with Crippen molar-refractivity contribution in [3.63, 3.8) is 0 Å². The summed E-state index contributed by atoms with van der Waals surface area (Å²) in [5, 5.41) is 6.57. The van der Waals surface area contributed by atoms with Crippen LogP contribution in [0.1, 0.15) is 22.8 Å². The molecule has 27 heavy (non-hydrogen) atoms. The average Bonchev–Trinajstić information content (AvgIpc) is 3.18. The smallest absolute Gasteiger partial charge is 0.259 e. The summed E-state index contributed by atoms with van der Waals surface area (Å²) >= 11 is 0. The molecule has 0 saturated heterocycles. The van der Waals surface area contributed by atoms with Crippen molar-refractivity contribution in [3.05, 3.63) is 53.6 Å². The van der Waals surface area contributed by atoms with Gasteiger partial charge in [-0.1, -0.05) is 0 Å². The number of ether oxygens (including phenoxy) is 3. The normalized spacial score (nSPS) is 12.4. The van der Waals surface area contributed by atoms with Crippen molar-refractivity contribution in [3.8, 4) is 17.2 Å². The van der Waals surface area contributed by atoms with Gasteiger partial charge < -0.3 is 19.5 Å². The van der Waals surface area contributed by atoms with Gasteiger partial charge in [0.2, 0.25) is 6.79 Å². The van der Waals surface area contributed by atoms with Gasteiger partial charge in [-0.05, 0) is 55.0 Å². The Morgan fingerprint density at radius 2 is 1.78 bits per heavy atom. The summed E-state index contributed by atoms with van der Waals surface area (Å²) in [7, 11) is 1.59. The van der Waals surface area contributed by atoms with Crippen molar-refractivity contribution in [2.75, 3.05) is 20.4 Å². The molecule has 0 bridgehead atoms. The van der Waals surface area contributed by atoms with Gasteiger partial charge in [-0.15, -0.1) is 0 Å². The minimum Gasteiger partial charge on any atom is -0.497 e. The number of carbonyl (C=O) groups excluding carboxylic acids is 2. The topological polar surface area (TPSA) is 98.2 Å². The van der Waals surface area contributed by atoms with Crippen LogP contribution in [-0.4, -0.2) is 38.0 Å². The molecule has 0 saturated carbocycles. The van der Waals surface area contributed by atoms with Gasteiger partial charge >= 0.3 is 0 Å². The van der Waals surface area contributed by atoms with Crippen LogP contribution >= 0.6 is 0 Å². The number of benzene rings is 2. The van der Waals surface area contributed by atoms with Crippen LogP contribution in [0.3, 0.4) is 0 Å². The Morgan fingerprint density at radius 1 is 1.07 bits per heavy atom. The molecule has 0 radical (unpaired) electrons. The van der Waals surface area contributed by atoms with Crippen molar-refractivity contribution in [2.45, 2.75) is 6.92 Å². The second kappa shape index (κ2) is 8.22. The third-order valence-electron chi connectivity index (χ3n) is 3.90. The number of hydrogen-bond donors (Lipinski definition) is 2. The number of hydrogen-bond acceptors (Lipinski definition) is 6. The van der Waals surface area contributed by atoms with E-state index < -0.39 is 5.91 Å². The standard InChI is InChI=1S/C19H19N3O5/c1-12(13-3-6-15(25-2)7-4-13)21-22-18(23)10-20-19(24)14-5-8-16-17(9-14)27-11-26-16/h3-9H,10-11H2,1-2H3,(H,20,24)(H,22,23). The molecular weight excluding hydrogens is 350 g/mol. The molecule has 2 aromatic rings. The van der Waals surface area contributed by atoms with Crippen LogP contribution in [0.15, 0.2) is 47.6 Å². The van der Waals surface area contributed by atoms with E-state index in [-0.39, 0.29) is 19.2 Å². The number of fused-ring (bicyclic) bond motifs is 1. The highest BCUT2D eigenvalue weighted by molar-refractivity contribution is 6.00. The van der Waals surface area contributed by atoms with E-state index in [9.17, 15) is 9.59 Å². The lowest BCUT2D eigenvalue weighted by molar-refractivity contribution is -0.120. The minimum absolute atomic E-state index is 0.133. The summed E-state index contributed by atoms with van der Waals surface area (Å²) < 4.78 is 15.5. The molecule has 3 rings (SSSR count). The van der Waals surface area contributed by atoms with Crippen molar-refractivity contribution in [1.29, 1.82) is 0 Å². The summed E-state index contributed by atoms with van der Waals surface area (Å²) in [5.74, 6) is 1.01. The van der Waals surface area contributed by atoms with E-state index in [4.69, 9.17) is 14.2 Å². The second-order valence-electron chi connectivity index (χ2n) is 5.71. The SMILES string of the molecule is COc1ccc(C(C)=NNC(=O)CNC(=O)c2ccc3c(c2)OCO3)cc1. The highest BCUT2D eigenvalue weighted by Gasteiger charge is 2.16. The molecule has 0 spiro atoms. The van der Waals surface area contributed by atoms with E-state index >= 15 is 0 Å². The zero-order chi connectivity index (χ0) is 19.2. The van der Waals surface area contributed by atoms with Crippen LogP contribution in [0.5, 0.6) is 17.2 Å². The predicted molar refractivity (Wildman–Crippen MR) is 98.2 cm³/mol. The van der Waals surface area contributed by atoms with Gasteiger partial charge in [0.1, 0.15) is 5.75 Å². The molecule has 0 fully saturated rings. The maximum Gasteiger partial charge on any atom is 0.259 e. The molecule has 8 nitrogen and oxygen atoms in total. The Bertz CT molecular complexity index is 877. The first kappa shape index (κ1) is 18.2. The Labute approximate surface area is 156 Å². The fraction of sp³-hybridized carbons (Fsp3) is 0.211. The van der Waals surface area contributed by atoms with Crippen LogP contribution in [0.2, 0.25) is 0 Å². The third-order valence-corrected chi connectivity index (χ3v) is 3.90. The lowest BCUT2D eigenvalue weighted by Crippen LogP contribution is -2.35. The molecule has 1 aliphatic rings. The van der Waals surface area contributed by atoms with Gasteiger partial charge in [0.25, 0.3) is 11.8 Å². The van der Waals surface area contributed by atoms with Gasteiger partial charge in [0.05, 0.1) is 19.4 Å². The summed E-state index contributed by atoms with van der Waals surface area (Å²) in [6.45, 7) is 1.70. The molecule has 0 aliphatic carbocycles. The van der Waals surface area contributed by atoms with Gasteiger partial charge in [-0.2, -0.15) is 5.10 Å². The van der Waals surface area contributed by atoms with E-state index in [0.29, 0.717) is 22.8 Å². The van der Waals surface area contributed by atoms with Crippen LogP contribution in [-0.2, 0) is 4.79 Å². The number of nitrogens with one attached hydrogen (secondary N) is 2. The number of nitrogens with zero attached hydrogens (tertiary/aromatic N) is 1. The van der Waals surface area contributed by atoms with Gasteiger partial charge in [0.15, 0.2) is 11.5 Å². The number of amides is 2. The lowest BCUT2D eigenvalue weighted by atomic mass is 10.1. The monoisotopic (exact) mass is 369 g/mol. The van der Waals surface area contributed by atoms with Crippen molar-refractivity contribution < 1.29 is 23.8 Å². The summed E-state index contributed by atoms with van der Waals surface area (Å²) in [6.07, 6.45) is 0. The number of rotatable bonds is 6. The zero-order valence-electron chi connectivity index (χ0n) is 14.9. The summed E-state index contributed by atoms with van der Waals surface area (Å²) in [6, 6.07) is 12.1. The van der Waals surface area contributed by atoms with E-state index in [2.05, 4.69) is 15.8 Å². The Balaban J connectivity index is 1.50. The molecule has 1 heterocycles. The lowest BCUT2D eigenvalue weighted by Gasteiger charge is -2.06. The predicted octanol–water partition coefficient (Wildman–Crippen LogP) is 1.69. The molecule has 0 unspecified atom stereocenters. The molecular formula is C19H19N3O5. The fourth-order valence-electron chi connectivity index (χ4n) is 2.38. The molecule has 2 aromatic carbocycles. The molecule has 0 aromatic heterocycles. The number of carbonyl (C=O) groups is 2. The van der Waals surface area contributed by atoms with Crippen LogP contribution in [0.25, 0.3) is 0 Å². The molecule has 1 aliphatic heterocycles. The number of methoxy groups -OCH3 is 1. The maximum atomic E-state index is 12.1. The highest BCUT2D eigenvalue weighted by atomic mass is 16.7. The molecule has 140 valence electrons. The van der Waals surface area contributed by atoms with E-state index in [0.717, 1.165) is 11.3 Å². The summed E-state index contributed by atoms with van der Waals surface area (Å²) in [5.41, 5.74) is 4.28. The van der Waals surface area contributed by atoms with E-state index in [1.807, 2.05) is 24.3 Å². The fourth-order valence-corrected chi connectivity index (χ4v) is 2.38. The van der Waals surface area contributed by atoms with Crippen molar-refractivity contribution >= 4 is 17.5 Å². The largest absolute Gasteiger partial charge is 0.497 e. The second-order valence-corrected chi connectivity index (χ2v) is 5.71. The molecule has 0 atom stereocenters. The van der Waals surface area contributed by atoms with Crippen LogP contribution in [0, 0.1) is 0 Å². The van der Waals surface area contributed by atoms with Gasteiger partial charge in [-0.25, -0.2) is 5.43 Å². The summed E-state index contributed by atoms with van der Waals surface area (Å²) in [4.78, 5) is 24.0. The maximum absolute atomic E-state index is 12.1. The van der Waals surface area contributed by atoms with Crippen molar-refractivity contribution in [1.82, 2.24) is 10.7 Å². The van der Waals surface area contributed by atoms with Gasteiger partial charge in [0, 0.05) is 5.56 Å². The molecule has 2 N–H and O–H groups in total. The highest BCUT2D eigenvalue weighted by Crippen LogP contribution is 2.32. The number of hydrazone groups is 1. The first-order valence-electron chi connectivity index (χ1n) is 8.22. The molecule has 2 amide bonds. The van der Waals surface area contributed by atoms with Crippen LogP contribution < -0.4 is 25.0 Å². The average molecular weight is 369 g/mol. The minimum atomic E-state index is -0.433. The van der Waals surface area contributed by atoms with Crippen LogP contribution in [0.4, 0.5) is 0 Å². The van der Waals surface area contributed by atoms with E-state index in [1.54, 1.807) is 32.2 Å². The first-order valence-corrected chi connectivity index (χ1v) is 8.22. The quantitative estimate of drug-likeness (QED) is 0.596. The first-order chi connectivity index (χ1) is 13.1. The Kier molecular flexibility index (Phi) is 5.55. The van der Waals surface area contributed by atoms with Gasteiger partial charge in [-0.3, -0.25) is 9.59 Å². The van der Waals surface area contributed by atoms with Crippen molar-refractivity contribution in [2.24, 2.45) is 5.10 Å².